The number of thiophene rings is 1. The van der Waals surface area contributed by atoms with E-state index in [1.54, 1.807) is 23.1 Å². The Hall–Kier alpha value is -2.57. The van der Waals surface area contributed by atoms with Crippen LogP contribution in [0.15, 0.2) is 60.0 Å². The zero-order valence-electron chi connectivity index (χ0n) is 16.3. The van der Waals surface area contributed by atoms with Gasteiger partial charge in [0.25, 0.3) is 0 Å². The van der Waals surface area contributed by atoms with E-state index in [1.165, 1.54) is 5.56 Å². The fourth-order valence-electron chi connectivity index (χ4n) is 3.44. The van der Waals surface area contributed by atoms with Crippen LogP contribution in [0.25, 0.3) is 0 Å². The predicted octanol–water partition coefficient (Wildman–Crippen LogP) is 5.32. The molecular formula is C23H22N2O2S2. The maximum Gasteiger partial charge on any atom is 0.238 e. The van der Waals surface area contributed by atoms with E-state index in [2.05, 4.69) is 25.2 Å². The molecule has 1 saturated heterocycles. The van der Waals surface area contributed by atoms with Gasteiger partial charge in [0.1, 0.15) is 5.37 Å². The van der Waals surface area contributed by atoms with Gasteiger partial charge in [0, 0.05) is 16.3 Å². The summed E-state index contributed by atoms with van der Waals surface area (Å²) in [6, 6.07) is 17.8. The molecule has 148 valence electrons. The second-order valence-electron chi connectivity index (χ2n) is 7.07. The van der Waals surface area contributed by atoms with E-state index < -0.39 is 0 Å². The Morgan fingerprint density at radius 2 is 1.90 bits per heavy atom. The Morgan fingerprint density at radius 3 is 2.62 bits per heavy atom. The summed E-state index contributed by atoms with van der Waals surface area (Å²) in [4.78, 5) is 27.8. The van der Waals surface area contributed by atoms with E-state index in [0.717, 1.165) is 27.4 Å². The molecule has 0 aliphatic carbocycles. The number of rotatable bonds is 5. The summed E-state index contributed by atoms with van der Waals surface area (Å²) in [6.45, 7) is 4.12. The molecule has 1 aliphatic rings. The van der Waals surface area contributed by atoms with Crippen LogP contribution in [0.1, 0.15) is 26.9 Å². The van der Waals surface area contributed by atoms with Crippen molar-refractivity contribution in [1.29, 1.82) is 0 Å². The largest absolute Gasteiger partial charge is 0.326 e. The van der Waals surface area contributed by atoms with Crippen LogP contribution in [-0.4, -0.2) is 17.6 Å². The van der Waals surface area contributed by atoms with Crippen LogP contribution in [0, 0.1) is 13.8 Å². The molecule has 1 aromatic heterocycles. The molecule has 2 amide bonds. The van der Waals surface area contributed by atoms with E-state index in [0.29, 0.717) is 12.2 Å². The normalized spacial score (nSPS) is 16.3. The smallest absolute Gasteiger partial charge is 0.238 e. The van der Waals surface area contributed by atoms with E-state index in [-0.39, 0.29) is 17.2 Å². The molecule has 1 atom stereocenters. The van der Waals surface area contributed by atoms with Gasteiger partial charge in [-0.3, -0.25) is 14.5 Å². The number of carbonyl (C=O) groups is 2. The molecule has 0 bridgehead atoms. The summed E-state index contributed by atoms with van der Waals surface area (Å²) in [6.07, 6.45) is 0.382. The van der Waals surface area contributed by atoms with Crippen LogP contribution < -0.4 is 10.2 Å². The summed E-state index contributed by atoms with van der Waals surface area (Å²) >= 11 is 3.21. The van der Waals surface area contributed by atoms with Gasteiger partial charge in [-0.15, -0.1) is 23.1 Å². The summed E-state index contributed by atoms with van der Waals surface area (Å²) < 4.78 is 0. The molecule has 1 fully saturated rings. The van der Waals surface area contributed by atoms with Crippen molar-refractivity contribution in [2.75, 3.05) is 16.0 Å². The molecule has 4 rings (SSSR count). The first-order chi connectivity index (χ1) is 14.0. The maximum atomic E-state index is 12.6. The molecule has 2 aromatic carbocycles. The van der Waals surface area contributed by atoms with Gasteiger partial charge in [-0.05, 0) is 60.2 Å². The zero-order valence-corrected chi connectivity index (χ0v) is 18.0. The third kappa shape index (κ3) is 4.23. The number of thioether (sulfide) groups is 1. The van der Waals surface area contributed by atoms with Crippen LogP contribution >= 0.6 is 23.1 Å². The number of benzene rings is 2. The lowest BCUT2D eigenvalue weighted by Gasteiger charge is -2.26. The maximum absolute atomic E-state index is 12.6. The Balaban J connectivity index is 1.51. The number of anilines is 2. The average Bonchev–Trinajstić information content (AvgIpc) is 3.34. The van der Waals surface area contributed by atoms with Crippen LogP contribution in [0.2, 0.25) is 0 Å². The number of hydrogen-bond acceptors (Lipinski definition) is 4. The van der Waals surface area contributed by atoms with Crippen molar-refractivity contribution in [2.24, 2.45) is 0 Å². The number of aryl methyl sites for hydroxylation is 1. The van der Waals surface area contributed by atoms with Gasteiger partial charge in [-0.2, -0.15) is 0 Å². The summed E-state index contributed by atoms with van der Waals surface area (Å²) in [5.74, 6) is 0.571. The third-order valence-corrected chi connectivity index (χ3v) is 7.19. The molecular weight excluding hydrogens is 400 g/mol. The molecule has 0 spiro atoms. The average molecular weight is 423 g/mol. The van der Waals surface area contributed by atoms with Gasteiger partial charge in [-0.25, -0.2) is 0 Å². The Morgan fingerprint density at radius 1 is 1.10 bits per heavy atom. The molecule has 4 nitrogen and oxygen atoms in total. The minimum atomic E-state index is -0.0566. The van der Waals surface area contributed by atoms with Gasteiger partial charge in [0.15, 0.2) is 0 Å². The first-order valence-electron chi connectivity index (χ1n) is 9.45. The van der Waals surface area contributed by atoms with E-state index >= 15 is 0 Å². The fourth-order valence-corrected chi connectivity index (χ4v) is 5.31. The lowest BCUT2D eigenvalue weighted by molar-refractivity contribution is -0.116. The van der Waals surface area contributed by atoms with Crippen molar-refractivity contribution < 1.29 is 9.59 Å². The van der Waals surface area contributed by atoms with Gasteiger partial charge < -0.3 is 5.32 Å². The van der Waals surface area contributed by atoms with E-state index in [9.17, 15) is 9.59 Å². The standard InChI is InChI=1S/C23H22N2O2S2/c1-15-5-3-7-20(16(15)2)25-22(27)14-29-23(25)17-8-10-18(11-9-17)24-21(26)13-19-6-4-12-28-19/h3-12,23H,13-14H2,1-2H3,(H,24,26). The van der Waals surface area contributed by atoms with E-state index in [1.807, 2.05) is 58.8 Å². The quantitative estimate of drug-likeness (QED) is 0.605. The van der Waals surface area contributed by atoms with Crippen LogP contribution in [-0.2, 0) is 16.0 Å². The highest BCUT2D eigenvalue weighted by molar-refractivity contribution is 8.00. The van der Waals surface area contributed by atoms with Gasteiger partial charge in [-0.1, -0.05) is 30.3 Å². The molecule has 0 saturated carbocycles. The molecule has 2 heterocycles. The first kappa shape index (κ1) is 19.7. The Kier molecular flexibility index (Phi) is 5.74. The number of amides is 2. The monoisotopic (exact) mass is 422 g/mol. The van der Waals surface area contributed by atoms with Crippen molar-refractivity contribution in [2.45, 2.75) is 25.6 Å². The van der Waals surface area contributed by atoms with Gasteiger partial charge in [0.2, 0.25) is 11.8 Å². The SMILES string of the molecule is Cc1cccc(N2C(=O)CSC2c2ccc(NC(=O)Cc3cccs3)cc2)c1C. The summed E-state index contributed by atoms with van der Waals surface area (Å²) in [7, 11) is 0. The molecule has 1 unspecified atom stereocenters. The van der Waals surface area contributed by atoms with Gasteiger partial charge >= 0.3 is 0 Å². The molecule has 6 heteroatoms. The predicted molar refractivity (Wildman–Crippen MR) is 122 cm³/mol. The topological polar surface area (TPSA) is 49.4 Å². The van der Waals surface area contributed by atoms with Gasteiger partial charge in [0.05, 0.1) is 12.2 Å². The van der Waals surface area contributed by atoms with Crippen molar-refractivity contribution >= 4 is 46.3 Å². The van der Waals surface area contributed by atoms with Crippen molar-refractivity contribution in [3.8, 4) is 0 Å². The second kappa shape index (κ2) is 8.43. The minimum Gasteiger partial charge on any atom is -0.326 e. The lowest BCUT2D eigenvalue weighted by atomic mass is 10.1. The molecule has 1 aliphatic heterocycles. The molecule has 1 N–H and O–H groups in total. The first-order valence-corrected chi connectivity index (χ1v) is 11.4. The Labute approximate surface area is 178 Å². The van der Waals surface area contributed by atoms with Crippen LogP contribution in [0.3, 0.4) is 0 Å². The summed E-state index contributed by atoms with van der Waals surface area (Å²) in [5, 5.41) is 4.86. The fraction of sp³-hybridized carbons (Fsp3) is 0.217. The number of hydrogen-bond donors (Lipinski definition) is 1. The number of nitrogens with zero attached hydrogens (tertiary/aromatic N) is 1. The summed E-state index contributed by atoms with van der Waals surface area (Å²) in [5.41, 5.74) is 5.10. The minimum absolute atomic E-state index is 0.0253. The molecule has 29 heavy (non-hydrogen) atoms. The van der Waals surface area contributed by atoms with Crippen molar-refractivity contribution in [1.82, 2.24) is 0 Å². The highest BCUT2D eigenvalue weighted by Gasteiger charge is 2.34. The zero-order chi connectivity index (χ0) is 20.4. The molecule has 0 radical (unpaired) electrons. The highest BCUT2D eigenvalue weighted by atomic mass is 32.2. The third-order valence-electron chi connectivity index (χ3n) is 5.10. The lowest BCUT2D eigenvalue weighted by Crippen LogP contribution is -2.28. The van der Waals surface area contributed by atoms with Crippen LogP contribution in [0.5, 0.6) is 0 Å². The second-order valence-corrected chi connectivity index (χ2v) is 9.17. The molecule has 3 aromatic rings. The van der Waals surface area contributed by atoms with Crippen LogP contribution in [0.4, 0.5) is 11.4 Å². The Bertz CT molecular complexity index is 1030. The van der Waals surface area contributed by atoms with Crippen molar-refractivity contribution in [3.63, 3.8) is 0 Å². The van der Waals surface area contributed by atoms with Crippen molar-refractivity contribution in [3.05, 3.63) is 81.5 Å². The van der Waals surface area contributed by atoms with E-state index in [4.69, 9.17) is 0 Å². The number of carbonyl (C=O) groups excluding carboxylic acids is 2. The number of nitrogens with one attached hydrogen (secondary N) is 1. The highest BCUT2D eigenvalue weighted by Crippen LogP contribution is 2.43.